The molecule has 0 spiro atoms. The Hall–Kier alpha value is -3.04. The third-order valence-corrected chi connectivity index (χ3v) is 6.66. The number of rotatable bonds is 10. The van der Waals surface area contributed by atoms with Crippen LogP contribution in [0.25, 0.3) is 0 Å². The molecule has 0 aliphatic heterocycles. The van der Waals surface area contributed by atoms with Gasteiger partial charge in [0, 0.05) is 17.8 Å². The fourth-order valence-corrected chi connectivity index (χ4v) is 3.96. The Kier molecular flexibility index (Phi) is 8.95. The van der Waals surface area contributed by atoms with Crippen molar-refractivity contribution < 1.29 is 14.3 Å². The number of hydrogen-bond acceptors (Lipinski definition) is 6. The molecule has 180 valence electrons. The van der Waals surface area contributed by atoms with Gasteiger partial charge in [-0.15, -0.1) is 10.2 Å². The number of hydrogen-bond donors (Lipinski definition) is 2. The Morgan fingerprint density at radius 1 is 1.18 bits per heavy atom. The van der Waals surface area contributed by atoms with Crippen LogP contribution in [0.3, 0.4) is 0 Å². The van der Waals surface area contributed by atoms with Crippen LogP contribution < -0.4 is 15.4 Å². The fraction of sp³-hybridized carbons (Fsp3) is 0.333. The van der Waals surface area contributed by atoms with E-state index in [-0.39, 0.29) is 24.1 Å². The minimum absolute atomic E-state index is 0.159. The summed E-state index contributed by atoms with van der Waals surface area (Å²) in [4.78, 5) is 24.8. The van der Waals surface area contributed by atoms with E-state index in [2.05, 4.69) is 27.8 Å². The molecule has 0 saturated carbocycles. The highest BCUT2D eigenvalue weighted by atomic mass is 35.5. The molecule has 0 aliphatic rings. The van der Waals surface area contributed by atoms with E-state index in [4.69, 9.17) is 16.3 Å². The van der Waals surface area contributed by atoms with Crippen LogP contribution in [-0.4, -0.2) is 38.4 Å². The first kappa shape index (κ1) is 25.6. The van der Waals surface area contributed by atoms with E-state index in [1.807, 2.05) is 31.2 Å². The molecular formula is C24H28ClN5O3S. The molecule has 10 heteroatoms. The number of aromatic nitrogens is 3. The van der Waals surface area contributed by atoms with Crippen molar-refractivity contribution >= 4 is 40.9 Å². The second-order valence-corrected chi connectivity index (χ2v) is 9.03. The van der Waals surface area contributed by atoms with Crippen molar-refractivity contribution in [2.45, 2.75) is 45.0 Å². The lowest BCUT2D eigenvalue weighted by Crippen LogP contribution is -2.36. The second-order valence-electron chi connectivity index (χ2n) is 7.68. The van der Waals surface area contributed by atoms with E-state index in [9.17, 15) is 9.59 Å². The number of anilines is 1. The van der Waals surface area contributed by atoms with E-state index in [0.29, 0.717) is 27.4 Å². The first-order chi connectivity index (χ1) is 16.3. The predicted molar refractivity (Wildman–Crippen MR) is 134 cm³/mol. The standard InChI is InChI=1S/C24H28ClN5O3S/c1-5-17-9-11-18(12-10-17)33-16(3)23(32)26-13-21-28-29-24(30(21)4)34-14-22(31)27-20-8-6-7-19(25)15(20)2/h6-12,16H,5,13-14H2,1-4H3,(H,26,32)(H,27,31)/t16-/m0/s1. The van der Waals surface area contributed by atoms with Gasteiger partial charge in [-0.25, -0.2) is 0 Å². The number of ether oxygens (including phenoxy) is 1. The highest BCUT2D eigenvalue weighted by molar-refractivity contribution is 7.99. The molecule has 3 aromatic rings. The molecule has 2 aromatic carbocycles. The zero-order valence-electron chi connectivity index (χ0n) is 19.6. The van der Waals surface area contributed by atoms with Crippen molar-refractivity contribution in [1.82, 2.24) is 20.1 Å². The molecule has 0 radical (unpaired) electrons. The Labute approximate surface area is 208 Å². The van der Waals surface area contributed by atoms with Crippen molar-refractivity contribution in [2.24, 2.45) is 7.05 Å². The lowest BCUT2D eigenvalue weighted by Gasteiger charge is -2.15. The van der Waals surface area contributed by atoms with Crippen molar-refractivity contribution in [3.05, 3.63) is 64.4 Å². The van der Waals surface area contributed by atoms with Crippen molar-refractivity contribution in [3.8, 4) is 5.75 Å². The molecule has 0 saturated heterocycles. The lowest BCUT2D eigenvalue weighted by atomic mass is 10.2. The Morgan fingerprint density at radius 2 is 1.91 bits per heavy atom. The predicted octanol–water partition coefficient (Wildman–Crippen LogP) is 4.15. The van der Waals surface area contributed by atoms with Gasteiger partial charge in [0.2, 0.25) is 5.91 Å². The quantitative estimate of drug-likeness (QED) is 0.405. The van der Waals surface area contributed by atoms with Crippen LogP contribution in [0.4, 0.5) is 5.69 Å². The summed E-state index contributed by atoms with van der Waals surface area (Å²) in [6, 6.07) is 13.0. The van der Waals surface area contributed by atoms with Crippen LogP contribution in [0, 0.1) is 6.92 Å². The van der Waals surface area contributed by atoms with Gasteiger partial charge in [-0.05, 0) is 55.7 Å². The molecule has 0 unspecified atom stereocenters. The summed E-state index contributed by atoms with van der Waals surface area (Å²) in [5.41, 5.74) is 2.70. The van der Waals surface area contributed by atoms with Gasteiger partial charge in [0.1, 0.15) is 5.75 Å². The Bertz CT molecular complexity index is 1150. The average Bonchev–Trinajstić information content (AvgIpc) is 3.18. The van der Waals surface area contributed by atoms with E-state index in [1.165, 1.54) is 17.3 Å². The van der Waals surface area contributed by atoms with Crippen LogP contribution >= 0.6 is 23.4 Å². The van der Waals surface area contributed by atoms with Gasteiger partial charge in [0.25, 0.3) is 5.91 Å². The molecule has 1 atom stereocenters. The minimum atomic E-state index is -0.659. The van der Waals surface area contributed by atoms with E-state index in [1.54, 1.807) is 36.7 Å². The molecule has 3 rings (SSSR count). The lowest BCUT2D eigenvalue weighted by molar-refractivity contribution is -0.127. The van der Waals surface area contributed by atoms with Crippen LogP contribution in [0.2, 0.25) is 5.02 Å². The summed E-state index contributed by atoms with van der Waals surface area (Å²) in [6.45, 7) is 5.82. The molecule has 0 aliphatic carbocycles. The summed E-state index contributed by atoms with van der Waals surface area (Å²) in [7, 11) is 1.79. The van der Waals surface area contributed by atoms with Gasteiger partial charge in [-0.2, -0.15) is 0 Å². The van der Waals surface area contributed by atoms with Gasteiger partial charge in [-0.1, -0.05) is 48.5 Å². The molecule has 8 nitrogen and oxygen atoms in total. The van der Waals surface area contributed by atoms with E-state index in [0.717, 1.165) is 12.0 Å². The van der Waals surface area contributed by atoms with Gasteiger partial charge < -0.3 is 19.9 Å². The van der Waals surface area contributed by atoms with Crippen molar-refractivity contribution in [2.75, 3.05) is 11.1 Å². The smallest absolute Gasteiger partial charge is 0.261 e. The Balaban J connectivity index is 1.48. The number of benzene rings is 2. The van der Waals surface area contributed by atoms with Crippen molar-refractivity contribution in [1.29, 1.82) is 0 Å². The van der Waals surface area contributed by atoms with E-state index >= 15 is 0 Å². The number of carbonyl (C=O) groups is 2. The number of amides is 2. The van der Waals surface area contributed by atoms with Gasteiger partial charge >= 0.3 is 0 Å². The summed E-state index contributed by atoms with van der Waals surface area (Å²) in [5, 5.41) is 15.1. The highest BCUT2D eigenvalue weighted by Crippen LogP contribution is 2.23. The van der Waals surface area contributed by atoms with Crippen LogP contribution in [-0.2, 0) is 29.6 Å². The summed E-state index contributed by atoms with van der Waals surface area (Å²) in [5.74, 6) is 0.940. The maximum atomic E-state index is 12.4. The summed E-state index contributed by atoms with van der Waals surface area (Å²) in [6.07, 6.45) is 0.286. The van der Waals surface area contributed by atoms with Gasteiger partial charge in [0.15, 0.2) is 17.1 Å². The number of halogens is 1. The summed E-state index contributed by atoms with van der Waals surface area (Å²) < 4.78 is 7.47. The second kappa shape index (κ2) is 11.9. The first-order valence-corrected chi connectivity index (χ1v) is 12.2. The number of nitrogens with zero attached hydrogens (tertiary/aromatic N) is 3. The molecule has 34 heavy (non-hydrogen) atoms. The third kappa shape index (κ3) is 6.74. The molecule has 0 bridgehead atoms. The zero-order chi connectivity index (χ0) is 24.7. The average molecular weight is 502 g/mol. The fourth-order valence-electron chi connectivity index (χ4n) is 3.06. The third-order valence-electron chi connectivity index (χ3n) is 5.23. The number of nitrogens with one attached hydrogen (secondary N) is 2. The Morgan fingerprint density at radius 3 is 2.62 bits per heavy atom. The minimum Gasteiger partial charge on any atom is -0.481 e. The maximum absolute atomic E-state index is 12.4. The molecular weight excluding hydrogens is 474 g/mol. The van der Waals surface area contributed by atoms with Crippen LogP contribution in [0.15, 0.2) is 47.6 Å². The van der Waals surface area contributed by atoms with Gasteiger partial charge in [-0.3, -0.25) is 9.59 Å². The van der Waals surface area contributed by atoms with E-state index < -0.39 is 6.10 Å². The topological polar surface area (TPSA) is 98.1 Å². The normalized spacial score (nSPS) is 11.7. The molecule has 1 aromatic heterocycles. The highest BCUT2D eigenvalue weighted by Gasteiger charge is 2.17. The number of thioether (sulfide) groups is 1. The first-order valence-electron chi connectivity index (χ1n) is 10.9. The molecule has 1 heterocycles. The molecule has 2 amide bonds. The molecule has 2 N–H and O–H groups in total. The zero-order valence-corrected chi connectivity index (χ0v) is 21.2. The molecule has 0 fully saturated rings. The monoisotopic (exact) mass is 501 g/mol. The number of aryl methyl sites for hydroxylation is 1. The van der Waals surface area contributed by atoms with Crippen molar-refractivity contribution in [3.63, 3.8) is 0 Å². The SMILES string of the molecule is CCc1ccc(O[C@@H](C)C(=O)NCc2nnc(SCC(=O)Nc3cccc(Cl)c3C)n2C)cc1. The summed E-state index contributed by atoms with van der Waals surface area (Å²) >= 11 is 7.36. The maximum Gasteiger partial charge on any atom is 0.261 e. The van der Waals surface area contributed by atoms with Gasteiger partial charge in [0.05, 0.1) is 12.3 Å². The van der Waals surface area contributed by atoms with Crippen LogP contribution in [0.1, 0.15) is 30.8 Å². The largest absolute Gasteiger partial charge is 0.481 e. The number of carbonyl (C=O) groups excluding carboxylic acids is 2. The van der Waals surface area contributed by atoms with Crippen LogP contribution in [0.5, 0.6) is 5.75 Å².